The van der Waals surface area contributed by atoms with Crippen molar-refractivity contribution in [1.82, 2.24) is 9.97 Å². The largest absolute Gasteiger partial charge is 0.355 e. The van der Waals surface area contributed by atoms with E-state index in [0.29, 0.717) is 24.8 Å². The first-order valence-corrected chi connectivity index (χ1v) is 6.86. The third-order valence-corrected chi connectivity index (χ3v) is 2.58. The number of nitrogens with one attached hydrogen (secondary N) is 1. The first kappa shape index (κ1) is 15.2. The fourth-order valence-corrected chi connectivity index (χ4v) is 1.77. The van der Waals surface area contributed by atoms with Crippen molar-refractivity contribution in [3.05, 3.63) is 12.3 Å². The zero-order valence-electron chi connectivity index (χ0n) is 12.1. The first-order valence-electron chi connectivity index (χ1n) is 6.86. The molecule has 104 valence electrons. The van der Waals surface area contributed by atoms with E-state index in [0.717, 1.165) is 25.3 Å². The van der Waals surface area contributed by atoms with E-state index >= 15 is 0 Å². The van der Waals surface area contributed by atoms with Crippen LogP contribution in [0.2, 0.25) is 0 Å². The number of aromatic nitrogens is 2. The molecule has 19 heavy (non-hydrogen) atoms. The summed E-state index contributed by atoms with van der Waals surface area (Å²) in [7, 11) is 0. The van der Waals surface area contributed by atoms with Gasteiger partial charge in [-0.3, -0.25) is 0 Å². The molecule has 0 atom stereocenters. The van der Waals surface area contributed by atoms with Crippen molar-refractivity contribution in [3.63, 3.8) is 0 Å². The van der Waals surface area contributed by atoms with E-state index in [4.69, 9.17) is 5.26 Å². The Labute approximate surface area is 115 Å². The topological polar surface area (TPSA) is 64.8 Å². The first-order chi connectivity index (χ1) is 9.17. The molecule has 1 rings (SSSR count). The average molecular weight is 261 g/mol. The molecule has 0 aromatic carbocycles. The second kappa shape index (κ2) is 8.30. The summed E-state index contributed by atoms with van der Waals surface area (Å²) in [6.45, 7) is 8.90. The summed E-state index contributed by atoms with van der Waals surface area (Å²) >= 11 is 0. The third-order valence-electron chi connectivity index (χ3n) is 2.58. The maximum absolute atomic E-state index is 8.75. The zero-order valence-corrected chi connectivity index (χ0v) is 12.1. The van der Waals surface area contributed by atoms with Crippen LogP contribution in [0.1, 0.15) is 33.6 Å². The lowest BCUT2D eigenvalue weighted by Crippen LogP contribution is -2.29. The van der Waals surface area contributed by atoms with Crippen molar-refractivity contribution in [2.24, 2.45) is 5.92 Å². The van der Waals surface area contributed by atoms with Crippen LogP contribution in [-0.4, -0.2) is 29.6 Å². The summed E-state index contributed by atoms with van der Waals surface area (Å²) in [5.74, 6) is 2.07. The molecule has 0 unspecified atom stereocenters. The van der Waals surface area contributed by atoms with E-state index < -0.39 is 0 Å². The molecule has 0 aliphatic carbocycles. The molecule has 1 N–H and O–H groups in total. The van der Waals surface area contributed by atoms with Gasteiger partial charge in [0.2, 0.25) is 5.95 Å². The molecule has 0 saturated carbocycles. The number of hydrogen-bond donors (Lipinski definition) is 1. The van der Waals surface area contributed by atoms with Gasteiger partial charge in [0, 0.05) is 25.8 Å². The zero-order chi connectivity index (χ0) is 14.1. The second-order valence-electron chi connectivity index (χ2n) is 4.91. The van der Waals surface area contributed by atoms with E-state index in [1.807, 2.05) is 6.07 Å². The molecule has 5 nitrogen and oxygen atoms in total. The SMILES string of the molecule is CCCNc1nccc(N(CCC#N)CC(C)C)n1. The van der Waals surface area contributed by atoms with E-state index in [2.05, 4.69) is 47.0 Å². The fraction of sp³-hybridized carbons (Fsp3) is 0.643. The molecule has 0 fully saturated rings. The monoisotopic (exact) mass is 261 g/mol. The molecule has 0 bridgehead atoms. The van der Waals surface area contributed by atoms with Crippen LogP contribution in [0.5, 0.6) is 0 Å². The molecular weight excluding hydrogens is 238 g/mol. The Bertz CT molecular complexity index is 411. The van der Waals surface area contributed by atoms with Gasteiger partial charge >= 0.3 is 0 Å². The van der Waals surface area contributed by atoms with Crippen LogP contribution in [0, 0.1) is 17.2 Å². The number of rotatable bonds is 8. The van der Waals surface area contributed by atoms with E-state index in [9.17, 15) is 0 Å². The maximum atomic E-state index is 8.75. The minimum atomic E-state index is 0.508. The normalized spacial score (nSPS) is 10.3. The summed E-state index contributed by atoms with van der Waals surface area (Å²) in [5, 5.41) is 11.9. The summed E-state index contributed by atoms with van der Waals surface area (Å²) in [6, 6.07) is 4.09. The molecular formula is C14H23N5. The van der Waals surface area contributed by atoms with Gasteiger partial charge in [0.05, 0.1) is 12.5 Å². The molecule has 1 aromatic heterocycles. The Kier molecular flexibility index (Phi) is 6.65. The third kappa shape index (κ3) is 5.56. The number of nitrogens with zero attached hydrogens (tertiary/aromatic N) is 4. The van der Waals surface area contributed by atoms with E-state index in [1.54, 1.807) is 6.20 Å². The van der Waals surface area contributed by atoms with Crippen LogP contribution in [0.25, 0.3) is 0 Å². The van der Waals surface area contributed by atoms with Crippen molar-refractivity contribution in [1.29, 1.82) is 5.26 Å². The van der Waals surface area contributed by atoms with Crippen molar-refractivity contribution < 1.29 is 0 Å². The number of anilines is 2. The van der Waals surface area contributed by atoms with Crippen molar-refractivity contribution >= 4 is 11.8 Å². The molecule has 0 saturated heterocycles. The smallest absolute Gasteiger partial charge is 0.224 e. The molecule has 0 spiro atoms. The van der Waals surface area contributed by atoms with Crippen LogP contribution >= 0.6 is 0 Å². The lowest BCUT2D eigenvalue weighted by molar-refractivity contribution is 0.607. The van der Waals surface area contributed by atoms with Crippen LogP contribution in [0.3, 0.4) is 0 Å². The Morgan fingerprint density at radius 3 is 2.89 bits per heavy atom. The van der Waals surface area contributed by atoms with E-state index in [1.165, 1.54) is 0 Å². The van der Waals surface area contributed by atoms with Gasteiger partial charge in [-0.15, -0.1) is 0 Å². The molecule has 0 amide bonds. The fourth-order valence-electron chi connectivity index (χ4n) is 1.77. The maximum Gasteiger partial charge on any atom is 0.224 e. The van der Waals surface area contributed by atoms with Crippen molar-refractivity contribution in [2.45, 2.75) is 33.6 Å². The summed E-state index contributed by atoms with van der Waals surface area (Å²) in [6.07, 6.45) is 3.31. The minimum Gasteiger partial charge on any atom is -0.355 e. The predicted octanol–water partition coefficient (Wildman–Crippen LogP) is 2.67. The predicted molar refractivity (Wildman–Crippen MR) is 78.1 cm³/mol. The summed E-state index contributed by atoms with van der Waals surface area (Å²) < 4.78 is 0. The summed E-state index contributed by atoms with van der Waals surface area (Å²) in [4.78, 5) is 10.9. The van der Waals surface area contributed by atoms with Gasteiger partial charge in [-0.1, -0.05) is 20.8 Å². The van der Waals surface area contributed by atoms with Gasteiger partial charge in [0.25, 0.3) is 0 Å². The van der Waals surface area contributed by atoms with Gasteiger partial charge in [0.1, 0.15) is 5.82 Å². The van der Waals surface area contributed by atoms with Gasteiger partial charge in [0.15, 0.2) is 0 Å². The average Bonchev–Trinajstić information content (AvgIpc) is 2.41. The molecule has 1 aromatic rings. The lowest BCUT2D eigenvalue weighted by Gasteiger charge is -2.24. The standard InChI is InChI=1S/C14H23N5/c1-4-8-16-14-17-9-6-13(18-14)19(10-5-7-15)11-12(2)3/h6,9,12H,4-5,8,10-11H2,1-3H3,(H,16,17,18). The quantitative estimate of drug-likeness (QED) is 0.779. The molecule has 0 aliphatic heterocycles. The highest BCUT2D eigenvalue weighted by Gasteiger charge is 2.10. The molecule has 0 radical (unpaired) electrons. The van der Waals surface area contributed by atoms with Crippen molar-refractivity contribution in [3.8, 4) is 6.07 Å². The van der Waals surface area contributed by atoms with Gasteiger partial charge in [-0.25, -0.2) is 4.98 Å². The second-order valence-corrected chi connectivity index (χ2v) is 4.91. The van der Waals surface area contributed by atoms with Crippen LogP contribution < -0.4 is 10.2 Å². The highest BCUT2D eigenvalue weighted by atomic mass is 15.2. The van der Waals surface area contributed by atoms with Crippen LogP contribution in [-0.2, 0) is 0 Å². The van der Waals surface area contributed by atoms with Crippen LogP contribution in [0.15, 0.2) is 12.3 Å². The van der Waals surface area contributed by atoms with Crippen LogP contribution in [0.4, 0.5) is 11.8 Å². The summed E-state index contributed by atoms with van der Waals surface area (Å²) in [5.41, 5.74) is 0. The number of nitriles is 1. The van der Waals surface area contributed by atoms with Gasteiger partial charge < -0.3 is 10.2 Å². The van der Waals surface area contributed by atoms with Crippen molar-refractivity contribution in [2.75, 3.05) is 29.9 Å². The van der Waals surface area contributed by atoms with E-state index in [-0.39, 0.29) is 0 Å². The number of hydrogen-bond acceptors (Lipinski definition) is 5. The lowest BCUT2D eigenvalue weighted by atomic mass is 10.2. The van der Waals surface area contributed by atoms with Gasteiger partial charge in [-0.2, -0.15) is 10.2 Å². The van der Waals surface area contributed by atoms with Gasteiger partial charge in [-0.05, 0) is 18.4 Å². The highest BCUT2D eigenvalue weighted by Crippen LogP contribution is 2.14. The highest BCUT2D eigenvalue weighted by molar-refractivity contribution is 5.42. The Hall–Kier alpha value is -1.83. The Morgan fingerprint density at radius 1 is 1.47 bits per heavy atom. The molecule has 0 aliphatic rings. The molecule has 1 heterocycles. The Morgan fingerprint density at radius 2 is 2.26 bits per heavy atom. The minimum absolute atomic E-state index is 0.508. The molecule has 5 heteroatoms. The Balaban J connectivity index is 2.79.